The van der Waals surface area contributed by atoms with Crippen molar-refractivity contribution in [3.8, 4) is 0 Å². The standard InChI is InChI=1S/C19H16N4O3S/c20-18(24)15-11-13-5-1-2-6-16(13)23(19(15)25)14-8-10-27(26,12-14)22-17-7-3-4-9-21-17/h1-11,14H,12H2,(H2,20,24)/t14-,27+/m1/s1. The minimum Gasteiger partial charge on any atom is -0.365 e. The fourth-order valence-corrected chi connectivity index (χ4v) is 5.00. The molecule has 0 fully saturated rings. The maximum atomic E-state index is 13.1. The van der Waals surface area contributed by atoms with Crippen LogP contribution in [0.25, 0.3) is 10.9 Å². The van der Waals surface area contributed by atoms with E-state index in [1.165, 1.54) is 16.0 Å². The molecule has 2 N–H and O–H groups in total. The largest absolute Gasteiger partial charge is 0.365 e. The number of nitrogens with two attached hydrogens (primary N) is 1. The van der Waals surface area contributed by atoms with Gasteiger partial charge in [0.15, 0.2) is 5.82 Å². The second kappa shape index (κ2) is 6.48. The third-order valence-electron chi connectivity index (χ3n) is 4.36. The zero-order chi connectivity index (χ0) is 19.0. The summed E-state index contributed by atoms with van der Waals surface area (Å²) in [6.45, 7) is 0. The fraction of sp³-hybridized carbons (Fsp3) is 0.105. The molecule has 0 saturated carbocycles. The van der Waals surface area contributed by atoms with Crippen LogP contribution in [0, 0.1) is 0 Å². The van der Waals surface area contributed by atoms with Crippen molar-refractivity contribution >= 4 is 32.4 Å². The molecule has 1 aromatic carbocycles. The monoisotopic (exact) mass is 380 g/mol. The van der Waals surface area contributed by atoms with Crippen molar-refractivity contribution in [1.82, 2.24) is 9.55 Å². The number of carbonyl (C=O) groups is 1. The quantitative estimate of drug-likeness (QED) is 0.752. The van der Waals surface area contributed by atoms with Gasteiger partial charge >= 0.3 is 0 Å². The highest BCUT2D eigenvalue weighted by Gasteiger charge is 2.26. The van der Waals surface area contributed by atoms with E-state index in [4.69, 9.17) is 5.73 Å². The summed E-state index contributed by atoms with van der Waals surface area (Å²) in [7, 11) is -2.72. The van der Waals surface area contributed by atoms with E-state index >= 15 is 0 Å². The van der Waals surface area contributed by atoms with Gasteiger partial charge < -0.3 is 5.73 Å². The maximum Gasteiger partial charge on any atom is 0.264 e. The number of aromatic nitrogens is 2. The average Bonchev–Trinajstić information content (AvgIpc) is 3.03. The summed E-state index contributed by atoms with van der Waals surface area (Å²) >= 11 is 0. The minimum absolute atomic E-state index is 0.0952. The summed E-state index contributed by atoms with van der Waals surface area (Å²) in [5.41, 5.74) is 5.42. The number of amides is 1. The molecule has 0 bridgehead atoms. The molecule has 4 rings (SSSR count). The Balaban J connectivity index is 1.85. The summed E-state index contributed by atoms with van der Waals surface area (Å²) < 4.78 is 18.8. The second-order valence-corrected chi connectivity index (χ2v) is 8.36. The molecule has 0 spiro atoms. The number of carbonyl (C=O) groups excluding carboxylic acids is 1. The molecule has 0 saturated heterocycles. The van der Waals surface area contributed by atoms with Crippen LogP contribution in [0.15, 0.2) is 75.4 Å². The number of pyridine rings is 2. The summed E-state index contributed by atoms with van der Waals surface area (Å²) in [6, 6.07) is 13.4. The van der Waals surface area contributed by atoms with Crippen LogP contribution in [0.5, 0.6) is 0 Å². The molecule has 1 amide bonds. The molecule has 2 atom stereocenters. The Kier molecular flexibility index (Phi) is 4.12. The Morgan fingerprint density at radius 2 is 2.00 bits per heavy atom. The molecule has 7 nitrogen and oxygen atoms in total. The van der Waals surface area contributed by atoms with Crippen LogP contribution in [0.3, 0.4) is 0 Å². The van der Waals surface area contributed by atoms with Gasteiger partial charge in [0.05, 0.1) is 27.0 Å². The number of para-hydroxylation sites is 1. The highest BCUT2D eigenvalue weighted by molar-refractivity contribution is 7.96. The van der Waals surface area contributed by atoms with Gasteiger partial charge in [0.25, 0.3) is 11.5 Å². The van der Waals surface area contributed by atoms with Gasteiger partial charge in [0.2, 0.25) is 0 Å². The molecule has 0 radical (unpaired) electrons. The lowest BCUT2D eigenvalue weighted by molar-refractivity contribution is 0.0998. The number of fused-ring (bicyclic) bond motifs is 1. The van der Waals surface area contributed by atoms with Gasteiger partial charge in [-0.05, 0) is 29.7 Å². The number of nitrogens with zero attached hydrogens (tertiary/aromatic N) is 3. The lowest BCUT2D eigenvalue weighted by Crippen LogP contribution is -2.32. The van der Waals surface area contributed by atoms with E-state index < -0.39 is 27.2 Å². The van der Waals surface area contributed by atoms with E-state index in [1.54, 1.807) is 48.7 Å². The summed E-state index contributed by atoms with van der Waals surface area (Å²) in [5, 5.41) is 2.23. The smallest absolute Gasteiger partial charge is 0.264 e. The lowest BCUT2D eigenvalue weighted by Gasteiger charge is -2.17. The van der Waals surface area contributed by atoms with Gasteiger partial charge in [-0.25, -0.2) is 9.19 Å². The Morgan fingerprint density at radius 3 is 2.74 bits per heavy atom. The first kappa shape index (κ1) is 17.2. The van der Waals surface area contributed by atoms with Crippen molar-refractivity contribution in [1.29, 1.82) is 0 Å². The topological polar surface area (TPSA) is 107 Å². The summed E-state index contributed by atoms with van der Waals surface area (Å²) in [5.74, 6) is -0.299. The molecule has 3 aromatic rings. The van der Waals surface area contributed by atoms with Crippen LogP contribution >= 0.6 is 0 Å². The van der Waals surface area contributed by atoms with Crippen molar-refractivity contribution in [2.45, 2.75) is 6.04 Å². The van der Waals surface area contributed by atoms with E-state index in [0.29, 0.717) is 16.7 Å². The maximum absolute atomic E-state index is 13.1. The van der Waals surface area contributed by atoms with E-state index in [9.17, 15) is 13.8 Å². The van der Waals surface area contributed by atoms with Gasteiger partial charge in [0.1, 0.15) is 5.56 Å². The minimum atomic E-state index is -2.72. The number of allylic oxidation sites excluding steroid dienone is 1. The zero-order valence-corrected chi connectivity index (χ0v) is 15.0. The van der Waals surface area contributed by atoms with Crippen LogP contribution in [0.2, 0.25) is 0 Å². The fourth-order valence-electron chi connectivity index (χ4n) is 3.15. The molecule has 27 heavy (non-hydrogen) atoms. The first-order valence-electron chi connectivity index (χ1n) is 8.25. The van der Waals surface area contributed by atoms with Gasteiger partial charge in [-0.3, -0.25) is 14.2 Å². The van der Waals surface area contributed by atoms with Crippen molar-refractivity contribution in [3.63, 3.8) is 0 Å². The Morgan fingerprint density at radius 1 is 1.22 bits per heavy atom. The van der Waals surface area contributed by atoms with Crippen LogP contribution in [0.1, 0.15) is 16.4 Å². The first-order valence-corrected chi connectivity index (χ1v) is 10.00. The number of benzene rings is 1. The van der Waals surface area contributed by atoms with Crippen molar-refractivity contribution < 1.29 is 9.00 Å². The van der Waals surface area contributed by atoms with Crippen LogP contribution in [0.4, 0.5) is 5.82 Å². The molecular formula is C19H16N4O3S. The number of rotatable bonds is 3. The predicted octanol–water partition coefficient (Wildman–Crippen LogP) is 2.36. The molecule has 1 aliphatic heterocycles. The zero-order valence-electron chi connectivity index (χ0n) is 14.2. The van der Waals surface area contributed by atoms with Gasteiger partial charge in [-0.15, -0.1) is 0 Å². The molecule has 1 aliphatic rings. The van der Waals surface area contributed by atoms with Crippen molar-refractivity contribution in [2.24, 2.45) is 10.1 Å². The first-order chi connectivity index (χ1) is 13.0. The Labute approximate surface area is 155 Å². The predicted molar refractivity (Wildman–Crippen MR) is 104 cm³/mol. The third-order valence-corrected chi connectivity index (χ3v) is 6.26. The van der Waals surface area contributed by atoms with Gasteiger partial charge in [-0.2, -0.15) is 4.36 Å². The molecule has 0 unspecified atom stereocenters. The molecule has 136 valence electrons. The van der Waals surface area contributed by atoms with Crippen LogP contribution in [-0.2, 0) is 9.73 Å². The van der Waals surface area contributed by atoms with Gasteiger partial charge in [-0.1, -0.05) is 30.3 Å². The Bertz CT molecular complexity index is 1250. The molecule has 0 aliphatic carbocycles. The van der Waals surface area contributed by atoms with E-state index in [2.05, 4.69) is 9.35 Å². The average molecular weight is 380 g/mol. The summed E-state index contributed by atoms with van der Waals surface area (Å²) in [6.07, 6.45) is 3.26. The molecule has 8 heteroatoms. The lowest BCUT2D eigenvalue weighted by atomic mass is 10.1. The van der Waals surface area contributed by atoms with Crippen LogP contribution < -0.4 is 11.3 Å². The van der Waals surface area contributed by atoms with E-state index in [0.717, 1.165) is 0 Å². The molecular weight excluding hydrogens is 364 g/mol. The van der Waals surface area contributed by atoms with Crippen molar-refractivity contribution in [2.75, 3.05) is 5.75 Å². The third kappa shape index (κ3) is 3.15. The highest BCUT2D eigenvalue weighted by atomic mass is 32.2. The highest BCUT2D eigenvalue weighted by Crippen LogP contribution is 2.27. The number of primary amides is 1. The molecule has 3 heterocycles. The molecule has 2 aromatic heterocycles. The van der Waals surface area contributed by atoms with Crippen molar-refractivity contribution in [3.05, 3.63) is 82.1 Å². The second-order valence-electron chi connectivity index (χ2n) is 6.19. The summed E-state index contributed by atoms with van der Waals surface area (Å²) in [4.78, 5) is 28.7. The number of hydrogen-bond donors (Lipinski definition) is 1. The van der Waals surface area contributed by atoms with E-state index in [-0.39, 0.29) is 11.3 Å². The SMILES string of the molecule is NC(=O)c1cc2ccccc2n([C@@H]2C=C[S@@](=O)(=Nc3ccccn3)C2)c1=O. The van der Waals surface area contributed by atoms with Gasteiger partial charge in [0, 0.05) is 11.6 Å². The van der Waals surface area contributed by atoms with E-state index in [1.807, 2.05) is 6.07 Å². The van der Waals surface area contributed by atoms with Crippen LogP contribution in [-0.4, -0.2) is 25.4 Å². The normalized spacial score (nSPS) is 21.4. The number of hydrogen-bond acceptors (Lipinski definition) is 5. The Hall–Kier alpha value is -3.26.